The van der Waals surface area contributed by atoms with Gasteiger partial charge >= 0.3 is 12.0 Å². The number of hydrogen-bond donors (Lipinski definition) is 2. The number of para-hydroxylation sites is 1. The van der Waals surface area contributed by atoms with Crippen molar-refractivity contribution in [1.29, 1.82) is 0 Å². The molecule has 0 aliphatic rings. The summed E-state index contributed by atoms with van der Waals surface area (Å²) in [4.78, 5) is 20.7. The Morgan fingerprint density at radius 3 is 2.71 bits per heavy atom. The van der Waals surface area contributed by atoms with Crippen LogP contribution in [0.15, 0.2) is 54.6 Å². The second kappa shape index (κ2) is 7.36. The van der Waals surface area contributed by atoms with Gasteiger partial charge in [-0.05, 0) is 37.3 Å². The molecule has 0 saturated heterocycles. The molecule has 0 unspecified atom stereocenters. The maximum Gasteiger partial charge on any atom is 0.337 e. The molecule has 4 aromatic rings. The summed E-state index contributed by atoms with van der Waals surface area (Å²) < 4.78 is 10.5. The van der Waals surface area contributed by atoms with Gasteiger partial charge in [0.1, 0.15) is 11.6 Å². The Kier molecular flexibility index (Phi) is 4.59. The number of nitrogens with one attached hydrogen (secondary N) is 2. The lowest BCUT2D eigenvalue weighted by atomic mass is 10.2. The first-order valence-electron chi connectivity index (χ1n) is 8.54. The molecule has 28 heavy (non-hydrogen) atoms. The molecule has 2 aromatic heterocycles. The molecule has 0 saturated carbocycles. The van der Waals surface area contributed by atoms with Gasteiger partial charge in [0.05, 0.1) is 18.2 Å². The number of ether oxygens (including phenoxy) is 2. The molecule has 0 radical (unpaired) electrons. The summed E-state index contributed by atoms with van der Waals surface area (Å²) in [5.41, 5.74) is 2.02. The number of methoxy groups -OCH3 is 1. The van der Waals surface area contributed by atoms with Gasteiger partial charge in [-0.25, -0.2) is 4.79 Å². The lowest BCUT2D eigenvalue weighted by molar-refractivity contribution is 0.0600. The Labute approximate surface area is 160 Å². The third-order valence-corrected chi connectivity index (χ3v) is 4.00. The minimum atomic E-state index is -0.443. The Hall–Kier alpha value is -3.94. The first-order chi connectivity index (χ1) is 13.6. The van der Waals surface area contributed by atoms with Gasteiger partial charge in [0.25, 0.3) is 0 Å². The number of anilines is 2. The number of esters is 1. The van der Waals surface area contributed by atoms with Crippen LogP contribution in [0, 0.1) is 6.92 Å². The first kappa shape index (κ1) is 17.5. The molecule has 0 bridgehead atoms. The van der Waals surface area contributed by atoms with Gasteiger partial charge in [-0.2, -0.15) is 15.1 Å². The van der Waals surface area contributed by atoms with Crippen molar-refractivity contribution < 1.29 is 14.3 Å². The quantitative estimate of drug-likeness (QED) is 0.509. The minimum absolute atomic E-state index is 0.149. The standard InChI is InChI=1S/C20H17N5O3/c1-12-10-17(25-24-12)22-18-15-8-3-4-9-16(15)21-20(23-18)28-14-7-5-6-13(11-14)19(26)27-2/h3-11H,1-2H3,(H2,21,22,23,24,25). The number of fused-ring (bicyclic) bond motifs is 1. The molecule has 8 heteroatoms. The highest BCUT2D eigenvalue weighted by Gasteiger charge is 2.12. The van der Waals surface area contributed by atoms with E-state index in [1.165, 1.54) is 7.11 Å². The third-order valence-electron chi connectivity index (χ3n) is 4.00. The van der Waals surface area contributed by atoms with Crippen molar-refractivity contribution in [3.8, 4) is 11.8 Å². The maximum absolute atomic E-state index is 11.7. The summed E-state index contributed by atoms with van der Waals surface area (Å²) >= 11 is 0. The van der Waals surface area contributed by atoms with Crippen LogP contribution in [0.5, 0.6) is 11.8 Å². The molecule has 8 nitrogen and oxygen atoms in total. The number of nitrogens with zero attached hydrogens (tertiary/aromatic N) is 3. The third kappa shape index (κ3) is 3.61. The molecule has 0 aliphatic heterocycles. The average molecular weight is 375 g/mol. The van der Waals surface area contributed by atoms with Crippen molar-refractivity contribution in [2.45, 2.75) is 6.92 Å². The van der Waals surface area contributed by atoms with E-state index < -0.39 is 5.97 Å². The number of rotatable bonds is 5. The summed E-state index contributed by atoms with van der Waals surface area (Å²) in [7, 11) is 1.33. The van der Waals surface area contributed by atoms with Crippen LogP contribution >= 0.6 is 0 Å². The van der Waals surface area contributed by atoms with E-state index in [1.54, 1.807) is 24.3 Å². The van der Waals surface area contributed by atoms with E-state index in [-0.39, 0.29) is 6.01 Å². The molecule has 2 aromatic carbocycles. The molecule has 0 aliphatic carbocycles. The van der Waals surface area contributed by atoms with E-state index in [9.17, 15) is 4.79 Å². The SMILES string of the molecule is COC(=O)c1cccc(Oc2nc(Nc3cc(C)[nH]n3)c3ccccc3n2)c1. The van der Waals surface area contributed by atoms with Gasteiger partial charge < -0.3 is 14.8 Å². The molecule has 0 atom stereocenters. The Morgan fingerprint density at radius 2 is 1.93 bits per heavy atom. The molecule has 0 spiro atoms. The molecule has 2 N–H and O–H groups in total. The fourth-order valence-corrected chi connectivity index (χ4v) is 2.71. The monoisotopic (exact) mass is 375 g/mol. The Bertz CT molecular complexity index is 1160. The summed E-state index contributed by atoms with van der Waals surface area (Å²) in [6.45, 7) is 1.92. The summed E-state index contributed by atoms with van der Waals surface area (Å²) in [6, 6.07) is 16.2. The summed E-state index contributed by atoms with van der Waals surface area (Å²) in [5, 5.41) is 11.1. The fraction of sp³-hybridized carbons (Fsp3) is 0.100. The smallest absolute Gasteiger partial charge is 0.337 e. The molecular formula is C20H17N5O3. The van der Waals surface area contributed by atoms with E-state index in [4.69, 9.17) is 9.47 Å². The predicted molar refractivity (Wildman–Crippen MR) is 104 cm³/mol. The molecule has 140 valence electrons. The van der Waals surface area contributed by atoms with Crippen LogP contribution in [-0.4, -0.2) is 33.2 Å². The van der Waals surface area contributed by atoms with Gasteiger partial charge in [0, 0.05) is 17.1 Å². The number of aromatic nitrogens is 4. The zero-order valence-electron chi connectivity index (χ0n) is 15.3. The van der Waals surface area contributed by atoms with Crippen LogP contribution in [0.25, 0.3) is 10.9 Å². The molecule has 2 heterocycles. The number of aryl methyl sites for hydroxylation is 1. The predicted octanol–water partition coefficient (Wildman–Crippen LogP) is 3.98. The van der Waals surface area contributed by atoms with Gasteiger partial charge in [0.2, 0.25) is 0 Å². The van der Waals surface area contributed by atoms with Gasteiger partial charge in [0.15, 0.2) is 5.82 Å². The van der Waals surface area contributed by atoms with Crippen molar-refractivity contribution in [3.63, 3.8) is 0 Å². The maximum atomic E-state index is 11.7. The number of carbonyl (C=O) groups is 1. The van der Waals surface area contributed by atoms with E-state index in [1.807, 2.05) is 37.3 Å². The summed E-state index contributed by atoms with van der Waals surface area (Å²) in [5.74, 6) is 1.19. The van der Waals surface area contributed by atoms with Crippen LogP contribution in [0.1, 0.15) is 16.1 Å². The molecule has 4 rings (SSSR count). The van der Waals surface area contributed by atoms with Crippen molar-refractivity contribution in [3.05, 3.63) is 65.9 Å². The van der Waals surface area contributed by atoms with Crippen molar-refractivity contribution in [2.75, 3.05) is 12.4 Å². The normalized spacial score (nSPS) is 10.6. The van der Waals surface area contributed by atoms with E-state index in [2.05, 4.69) is 25.5 Å². The topological polar surface area (TPSA) is 102 Å². The highest BCUT2D eigenvalue weighted by atomic mass is 16.5. The van der Waals surface area contributed by atoms with Crippen LogP contribution in [0.2, 0.25) is 0 Å². The van der Waals surface area contributed by atoms with Crippen LogP contribution in [0.4, 0.5) is 11.6 Å². The molecular weight excluding hydrogens is 358 g/mol. The average Bonchev–Trinajstić information content (AvgIpc) is 3.12. The lowest BCUT2D eigenvalue weighted by Gasteiger charge is -2.10. The minimum Gasteiger partial charge on any atom is -0.465 e. The van der Waals surface area contributed by atoms with Crippen LogP contribution in [0.3, 0.4) is 0 Å². The van der Waals surface area contributed by atoms with Gasteiger partial charge in [-0.1, -0.05) is 18.2 Å². The lowest BCUT2D eigenvalue weighted by Crippen LogP contribution is -2.02. The van der Waals surface area contributed by atoms with E-state index in [0.29, 0.717) is 28.5 Å². The van der Waals surface area contributed by atoms with Crippen LogP contribution in [-0.2, 0) is 4.74 Å². The Balaban J connectivity index is 1.70. The van der Waals surface area contributed by atoms with Gasteiger partial charge in [-0.3, -0.25) is 5.10 Å². The van der Waals surface area contributed by atoms with Crippen molar-refractivity contribution >= 4 is 28.5 Å². The summed E-state index contributed by atoms with van der Waals surface area (Å²) in [6.07, 6.45) is 0. The highest BCUT2D eigenvalue weighted by molar-refractivity contribution is 5.91. The second-order valence-electron chi connectivity index (χ2n) is 6.05. The van der Waals surface area contributed by atoms with E-state index >= 15 is 0 Å². The fourth-order valence-electron chi connectivity index (χ4n) is 2.71. The zero-order valence-corrected chi connectivity index (χ0v) is 15.3. The number of carbonyl (C=O) groups excluding carboxylic acids is 1. The number of hydrogen-bond acceptors (Lipinski definition) is 7. The van der Waals surface area contributed by atoms with Crippen LogP contribution < -0.4 is 10.1 Å². The molecule has 0 fully saturated rings. The van der Waals surface area contributed by atoms with E-state index in [0.717, 1.165) is 11.1 Å². The number of H-pyrrole nitrogens is 1. The van der Waals surface area contributed by atoms with Gasteiger partial charge in [-0.15, -0.1) is 0 Å². The highest BCUT2D eigenvalue weighted by Crippen LogP contribution is 2.28. The number of benzene rings is 2. The van der Waals surface area contributed by atoms with Crippen molar-refractivity contribution in [2.24, 2.45) is 0 Å². The largest absolute Gasteiger partial charge is 0.465 e. The van der Waals surface area contributed by atoms with Crippen molar-refractivity contribution in [1.82, 2.24) is 20.2 Å². The first-order valence-corrected chi connectivity index (χ1v) is 8.54. The molecule has 0 amide bonds. The Morgan fingerprint density at radius 1 is 1.07 bits per heavy atom. The zero-order chi connectivity index (χ0) is 19.5. The second-order valence-corrected chi connectivity index (χ2v) is 6.05. The number of aromatic amines is 1.